The highest BCUT2D eigenvalue weighted by Crippen LogP contribution is 2.26. The third kappa shape index (κ3) is 3.41. The number of nitrogens with one attached hydrogen (secondary N) is 1. The van der Waals surface area contributed by atoms with Crippen LogP contribution in [0.15, 0.2) is 52.8 Å². The molecule has 0 spiro atoms. The van der Waals surface area contributed by atoms with Crippen molar-refractivity contribution in [2.75, 3.05) is 11.1 Å². The highest BCUT2D eigenvalue weighted by molar-refractivity contribution is 5.92. The zero-order chi connectivity index (χ0) is 15.4. The molecule has 22 heavy (non-hydrogen) atoms. The van der Waals surface area contributed by atoms with Crippen LogP contribution in [0, 0.1) is 5.92 Å². The van der Waals surface area contributed by atoms with E-state index in [0.29, 0.717) is 18.7 Å². The lowest BCUT2D eigenvalue weighted by Crippen LogP contribution is -2.17. The molecule has 112 valence electrons. The zero-order valence-corrected chi connectivity index (χ0v) is 11.9. The Balaban J connectivity index is 1.69. The van der Waals surface area contributed by atoms with Gasteiger partial charge in [-0.3, -0.25) is 4.79 Å². The van der Waals surface area contributed by atoms with Gasteiger partial charge in [0.15, 0.2) is 5.78 Å². The van der Waals surface area contributed by atoms with E-state index in [4.69, 9.17) is 5.73 Å². The predicted octanol–water partition coefficient (Wildman–Crippen LogP) is 2.64. The molecule has 3 N–H and O–H groups in total. The fraction of sp³-hybridized carbons (Fsp3) is 0.188. The quantitative estimate of drug-likeness (QED) is 0.900. The Bertz CT molecular complexity index is 719. The third-order valence-corrected chi connectivity index (χ3v) is 3.43. The first-order chi connectivity index (χ1) is 10.7. The van der Waals surface area contributed by atoms with Crippen molar-refractivity contribution in [2.45, 2.75) is 12.8 Å². The molecule has 0 radical (unpaired) electrons. The smallest absolute Gasteiger partial charge is 0.219 e. The van der Waals surface area contributed by atoms with E-state index in [0.717, 1.165) is 11.3 Å². The van der Waals surface area contributed by atoms with Crippen molar-refractivity contribution in [2.24, 2.45) is 5.92 Å². The molecule has 0 amide bonds. The summed E-state index contributed by atoms with van der Waals surface area (Å²) >= 11 is 0. The summed E-state index contributed by atoms with van der Waals surface area (Å²) in [5.74, 6) is 0.731. The average molecular weight is 296 g/mol. The number of hydrogen-bond donors (Lipinski definition) is 2. The second-order valence-corrected chi connectivity index (χ2v) is 5.20. The topological polar surface area (TPSA) is 94.0 Å². The fourth-order valence-corrected chi connectivity index (χ4v) is 2.39. The van der Waals surface area contributed by atoms with Crippen LogP contribution in [0.2, 0.25) is 0 Å². The number of hydrogen-bond acceptors (Lipinski definition) is 6. The van der Waals surface area contributed by atoms with E-state index in [1.807, 2.05) is 36.4 Å². The number of carbonyl (C=O) groups excluding carboxylic acids is 1. The van der Waals surface area contributed by atoms with Crippen molar-refractivity contribution in [3.8, 4) is 0 Å². The first-order valence-corrected chi connectivity index (χ1v) is 7.02. The van der Waals surface area contributed by atoms with Gasteiger partial charge in [-0.15, -0.1) is 0 Å². The van der Waals surface area contributed by atoms with Crippen molar-refractivity contribution in [3.63, 3.8) is 0 Å². The number of aromatic nitrogens is 2. The molecule has 0 unspecified atom stereocenters. The van der Waals surface area contributed by atoms with Gasteiger partial charge in [0.2, 0.25) is 11.6 Å². The summed E-state index contributed by atoms with van der Waals surface area (Å²) < 4.78 is 4.53. The molecule has 1 aromatic carbocycles. The molecule has 0 saturated carbocycles. The third-order valence-electron chi connectivity index (χ3n) is 3.43. The molecular weight excluding hydrogens is 280 g/mol. The van der Waals surface area contributed by atoms with E-state index >= 15 is 0 Å². The summed E-state index contributed by atoms with van der Waals surface area (Å²) in [4.78, 5) is 11.9. The Morgan fingerprint density at radius 2 is 2.05 bits per heavy atom. The molecule has 1 atom stereocenters. The lowest BCUT2D eigenvalue weighted by Gasteiger charge is -2.19. The van der Waals surface area contributed by atoms with Crippen LogP contribution in [-0.4, -0.2) is 16.1 Å². The van der Waals surface area contributed by atoms with Gasteiger partial charge in [-0.05, 0) is 28.2 Å². The Hall–Kier alpha value is -2.89. The van der Waals surface area contributed by atoms with Crippen molar-refractivity contribution in [3.05, 3.63) is 53.7 Å². The average Bonchev–Trinajstić information content (AvgIpc) is 2.91. The zero-order valence-electron chi connectivity index (χ0n) is 11.9. The molecule has 0 fully saturated rings. The monoisotopic (exact) mass is 296 g/mol. The minimum atomic E-state index is 0.0755. The largest absolute Gasteiger partial charge is 0.378 e. The molecule has 3 rings (SSSR count). The molecule has 1 heterocycles. The van der Waals surface area contributed by atoms with Gasteiger partial charge in [0, 0.05) is 18.2 Å². The van der Waals surface area contributed by atoms with E-state index in [-0.39, 0.29) is 17.5 Å². The van der Waals surface area contributed by atoms with Gasteiger partial charge in [-0.1, -0.05) is 42.5 Å². The standard InChI is InChI=1S/C16H16N4O2/c17-15-16(20-22-19-15)18-13-8-12(9-14(21)10-13)7-6-11-4-2-1-3-5-11/h1-7,10,12H,8-9H2,(H2,17,19)(H,18,20)/b7-6+/t12-/m1/s1. The minimum Gasteiger partial charge on any atom is -0.378 e. The van der Waals surface area contributed by atoms with Crippen LogP contribution >= 0.6 is 0 Å². The first kappa shape index (κ1) is 14.1. The summed E-state index contributed by atoms with van der Waals surface area (Å²) in [6, 6.07) is 10.00. The van der Waals surface area contributed by atoms with Crippen LogP contribution < -0.4 is 11.1 Å². The van der Waals surface area contributed by atoms with Crippen molar-refractivity contribution < 1.29 is 9.42 Å². The lowest BCUT2D eigenvalue weighted by atomic mass is 9.90. The van der Waals surface area contributed by atoms with Crippen molar-refractivity contribution >= 4 is 23.5 Å². The molecule has 0 saturated heterocycles. The van der Waals surface area contributed by atoms with Crippen LogP contribution in [0.3, 0.4) is 0 Å². The van der Waals surface area contributed by atoms with E-state index < -0.39 is 0 Å². The van der Waals surface area contributed by atoms with Crippen LogP contribution in [-0.2, 0) is 4.79 Å². The Labute approximate surface area is 127 Å². The number of carbonyl (C=O) groups is 1. The van der Waals surface area contributed by atoms with Gasteiger partial charge in [0.1, 0.15) is 0 Å². The molecule has 1 aliphatic rings. The maximum Gasteiger partial charge on any atom is 0.219 e. The number of anilines is 2. The lowest BCUT2D eigenvalue weighted by molar-refractivity contribution is -0.115. The number of allylic oxidation sites excluding steroid dienone is 3. The highest BCUT2D eigenvalue weighted by atomic mass is 16.6. The summed E-state index contributed by atoms with van der Waals surface area (Å²) in [6.45, 7) is 0. The van der Waals surface area contributed by atoms with E-state index in [1.54, 1.807) is 6.08 Å². The van der Waals surface area contributed by atoms with Gasteiger partial charge in [-0.2, -0.15) is 0 Å². The molecule has 1 aliphatic carbocycles. The summed E-state index contributed by atoms with van der Waals surface area (Å²) in [7, 11) is 0. The number of nitrogen functional groups attached to an aromatic ring is 1. The van der Waals surface area contributed by atoms with Crippen LogP contribution in [0.1, 0.15) is 18.4 Å². The molecule has 0 aliphatic heterocycles. The molecule has 6 heteroatoms. The fourth-order valence-electron chi connectivity index (χ4n) is 2.39. The first-order valence-electron chi connectivity index (χ1n) is 7.02. The van der Waals surface area contributed by atoms with Gasteiger partial charge >= 0.3 is 0 Å². The second-order valence-electron chi connectivity index (χ2n) is 5.20. The van der Waals surface area contributed by atoms with Crippen LogP contribution in [0.5, 0.6) is 0 Å². The van der Waals surface area contributed by atoms with E-state index in [1.165, 1.54) is 0 Å². The van der Waals surface area contributed by atoms with Gasteiger partial charge in [-0.25, -0.2) is 4.63 Å². The van der Waals surface area contributed by atoms with Crippen molar-refractivity contribution in [1.82, 2.24) is 10.3 Å². The SMILES string of the molecule is Nc1nonc1NC1=CC(=O)C[C@H](/C=C/c2ccccc2)C1. The highest BCUT2D eigenvalue weighted by Gasteiger charge is 2.20. The molecular formula is C16H16N4O2. The maximum atomic E-state index is 11.9. The van der Waals surface area contributed by atoms with Crippen LogP contribution in [0.4, 0.5) is 11.6 Å². The number of benzene rings is 1. The van der Waals surface area contributed by atoms with Crippen LogP contribution in [0.25, 0.3) is 6.08 Å². The van der Waals surface area contributed by atoms with E-state index in [9.17, 15) is 4.79 Å². The number of ketones is 1. The van der Waals surface area contributed by atoms with E-state index in [2.05, 4.69) is 26.3 Å². The van der Waals surface area contributed by atoms with Crippen molar-refractivity contribution in [1.29, 1.82) is 0 Å². The van der Waals surface area contributed by atoms with Gasteiger partial charge < -0.3 is 11.1 Å². The Morgan fingerprint density at radius 3 is 2.77 bits per heavy atom. The second kappa shape index (κ2) is 6.26. The summed E-state index contributed by atoms with van der Waals surface area (Å²) in [5, 5.41) is 10.2. The Kier molecular flexibility index (Phi) is 4.00. The summed E-state index contributed by atoms with van der Waals surface area (Å²) in [6.07, 6.45) is 6.89. The van der Waals surface area contributed by atoms with Gasteiger partial charge in [0.05, 0.1) is 0 Å². The molecule has 1 aromatic heterocycles. The number of rotatable bonds is 4. The molecule has 6 nitrogen and oxygen atoms in total. The minimum absolute atomic E-state index is 0.0755. The van der Waals surface area contributed by atoms with Gasteiger partial charge in [0.25, 0.3) is 0 Å². The number of nitrogens with zero attached hydrogens (tertiary/aromatic N) is 2. The normalized spacial score (nSPS) is 18.5. The molecule has 0 bridgehead atoms. The number of nitrogens with two attached hydrogens (primary N) is 1. The summed E-state index contributed by atoms with van der Waals surface area (Å²) in [5.41, 5.74) is 7.49. The Morgan fingerprint density at radius 1 is 1.23 bits per heavy atom. The predicted molar refractivity (Wildman–Crippen MR) is 83.6 cm³/mol. The maximum absolute atomic E-state index is 11.9. The molecule has 2 aromatic rings.